The standard InChI is InChI=1S/C28H26N6O/c1-34-15-12-23(13-16-34)31-24-4-2-3-19(17-24)28(35)33-22-8-6-21(7-9-22)32-27-11-14-30-26-10-5-20(29)18-25(26)27/h2-18,23,31H,29H2,1H3,(H,30,32)(H,33,35). The summed E-state index contributed by atoms with van der Waals surface area (Å²) in [6.45, 7) is 0. The minimum Gasteiger partial charge on any atom is -0.399 e. The van der Waals surface area contributed by atoms with E-state index in [0.29, 0.717) is 16.9 Å². The van der Waals surface area contributed by atoms with Crippen LogP contribution in [0.25, 0.3) is 10.9 Å². The van der Waals surface area contributed by atoms with Crippen molar-refractivity contribution >= 4 is 45.2 Å². The van der Waals surface area contributed by atoms with Gasteiger partial charge in [0.25, 0.3) is 5.91 Å². The molecule has 35 heavy (non-hydrogen) atoms. The SMILES string of the molecule is CN1C=CC(Nc2cccc(C(=O)Nc3ccc(Nc4ccnc5ccc(N)cc45)cc3)c2)C=C1. The summed E-state index contributed by atoms with van der Waals surface area (Å²) in [5.74, 6) is -0.167. The summed E-state index contributed by atoms with van der Waals surface area (Å²) in [6, 6.07) is 22.7. The Morgan fingerprint density at radius 1 is 0.914 bits per heavy atom. The topological polar surface area (TPSA) is 95.3 Å². The van der Waals surface area contributed by atoms with Gasteiger partial charge in [-0.1, -0.05) is 6.07 Å². The average Bonchev–Trinajstić information content (AvgIpc) is 2.87. The van der Waals surface area contributed by atoms with Crippen molar-refractivity contribution in [1.82, 2.24) is 9.88 Å². The van der Waals surface area contributed by atoms with Gasteiger partial charge in [-0.05, 0) is 78.9 Å². The van der Waals surface area contributed by atoms with E-state index in [9.17, 15) is 4.79 Å². The first kappa shape index (κ1) is 22.0. The van der Waals surface area contributed by atoms with Crippen molar-refractivity contribution in [1.29, 1.82) is 0 Å². The number of rotatable bonds is 6. The van der Waals surface area contributed by atoms with E-state index in [1.807, 2.05) is 91.1 Å². The number of aromatic nitrogens is 1. The Kier molecular flexibility index (Phi) is 6.05. The van der Waals surface area contributed by atoms with Gasteiger partial charge in [-0.2, -0.15) is 0 Å². The lowest BCUT2D eigenvalue weighted by Crippen LogP contribution is -2.20. The number of nitrogen functional groups attached to an aromatic ring is 1. The van der Waals surface area contributed by atoms with Crippen LogP contribution in [0.15, 0.2) is 104 Å². The van der Waals surface area contributed by atoms with Crippen LogP contribution >= 0.6 is 0 Å². The van der Waals surface area contributed by atoms with Crippen molar-refractivity contribution in [2.75, 3.05) is 28.7 Å². The zero-order valence-corrected chi connectivity index (χ0v) is 19.3. The summed E-state index contributed by atoms with van der Waals surface area (Å²) in [5, 5.41) is 10.7. The number of hydrogen-bond acceptors (Lipinski definition) is 6. The van der Waals surface area contributed by atoms with Crippen molar-refractivity contribution < 1.29 is 4.79 Å². The molecule has 1 amide bonds. The van der Waals surface area contributed by atoms with E-state index in [2.05, 4.69) is 33.1 Å². The number of carbonyl (C=O) groups is 1. The summed E-state index contributed by atoms with van der Waals surface area (Å²) in [6.07, 6.45) is 9.88. The van der Waals surface area contributed by atoms with Gasteiger partial charge in [0.05, 0.1) is 11.6 Å². The van der Waals surface area contributed by atoms with Crippen molar-refractivity contribution in [3.05, 3.63) is 109 Å². The number of nitrogens with two attached hydrogens (primary N) is 1. The fourth-order valence-electron chi connectivity index (χ4n) is 3.88. The first-order valence-corrected chi connectivity index (χ1v) is 11.3. The van der Waals surface area contributed by atoms with Gasteiger partial charge in [0.1, 0.15) is 0 Å². The highest BCUT2D eigenvalue weighted by Crippen LogP contribution is 2.27. The Labute approximate surface area is 204 Å². The Bertz CT molecular complexity index is 1410. The van der Waals surface area contributed by atoms with E-state index in [1.54, 1.807) is 12.3 Å². The van der Waals surface area contributed by atoms with Crippen molar-refractivity contribution in [2.45, 2.75) is 6.04 Å². The summed E-state index contributed by atoms with van der Waals surface area (Å²) in [7, 11) is 1.98. The van der Waals surface area contributed by atoms with Gasteiger partial charge >= 0.3 is 0 Å². The molecule has 0 atom stereocenters. The molecule has 0 unspecified atom stereocenters. The Balaban J connectivity index is 1.25. The maximum Gasteiger partial charge on any atom is 0.255 e. The number of pyridine rings is 1. The van der Waals surface area contributed by atoms with Crippen molar-refractivity contribution in [3.63, 3.8) is 0 Å². The van der Waals surface area contributed by atoms with E-state index >= 15 is 0 Å². The van der Waals surface area contributed by atoms with E-state index < -0.39 is 0 Å². The molecule has 0 saturated heterocycles. The Hall–Kier alpha value is -4.78. The maximum atomic E-state index is 12.8. The Morgan fingerprint density at radius 3 is 2.49 bits per heavy atom. The Morgan fingerprint density at radius 2 is 1.69 bits per heavy atom. The largest absolute Gasteiger partial charge is 0.399 e. The molecule has 0 fully saturated rings. The fraction of sp³-hybridized carbons (Fsp3) is 0.0714. The highest BCUT2D eigenvalue weighted by atomic mass is 16.1. The third-order valence-corrected chi connectivity index (χ3v) is 5.70. The first-order valence-electron chi connectivity index (χ1n) is 11.3. The van der Waals surface area contributed by atoms with Gasteiger partial charge in [0.15, 0.2) is 0 Å². The molecule has 3 aromatic carbocycles. The van der Waals surface area contributed by atoms with Gasteiger partial charge in [-0.3, -0.25) is 9.78 Å². The van der Waals surface area contributed by atoms with Crippen LogP contribution < -0.4 is 21.7 Å². The zero-order valence-electron chi connectivity index (χ0n) is 19.3. The van der Waals surface area contributed by atoms with Crippen LogP contribution in [0, 0.1) is 0 Å². The van der Waals surface area contributed by atoms with Crippen LogP contribution in [0.3, 0.4) is 0 Å². The number of nitrogens with zero attached hydrogens (tertiary/aromatic N) is 2. The third kappa shape index (κ3) is 5.25. The molecular weight excluding hydrogens is 436 g/mol. The number of amides is 1. The van der Waals surface area contributed by atoms with Crippen LogP contribution in [0.2, 0.25) is 0 Å². The molecule has 1 aliphatic heterocycles. The van der Waals surface area contributed by atoms with Crippen LogP contribution in [0.5, 0.6) is 0 Å². The predicted octanol–water partition coefficient (Wildman–Crippen LogP) is 5.57. The van der Waals surface area contributed by atoms with Crippen LogP contribution in [0.4, 0.5) is 28.4 Å². The molecule has 5 rings (SSSR count). The molecule has 0 saturated carbocycles. The molecule has 7 heteroatoms. The third-order valence-electron chi connectivity index (χ3n) is 5.70. The molecular formula is C28H26N6O. The molecule has 0 spiro atoms. The summed E-state index contributed by atoms with van der Waals surface area (Å²) in [5.41, 5.74) is 11.5. The highest BCUT2D eigenvalue weighted by molar-refractivity contribution is 6.05. The van der Waals surface area contributed by atoms with Crippen molar-refractivity contribution in [2.24, 2.45) is 0 Å². The molecule has 2 heterocycles. The smallest absolute Gasteiger partial charge is 0.255 e. The predicted molar refractivity (Wildman–Crippen MR) is 144 cm³/mol. The lowest BCUT2D eigenvalue weighted by atomic mass is 10.1. The lowest BCUT2D eigenvalue weighted by molar-refractivity contribution is 0.102. The molecule has 1 aromatic heterocycles. The average molecular weight is 463 g/mol. The number of nitrogens with one attached hydrogen (secondary N) is 3. The van der Waals surface area contributed by atoms with Gasteiger partial charge in [-0.15, -0.1) is 0 Å². The quantitative estimate of drug-likeness (QED) is 0.280. The lowest BCUT2D eigenvalue weighted by Gasteiger charge is -2.19. The number of fused-ring (bicyclic) bond motifs is 1. The van der Waals surface area contributed by atoms with E-state index in [-0.39, 0.29) is 11.9 Å². The normalized spacial score (nSPS) is 13.1. The molecule has 4 aromatic rings. The van der Waals surface area contributed by atoms with Gasteiger partial charge in [0.2, 0.25) is 0 Å². The van der Waals surface area contributed by atoms with Gasteiger partial charge < -0.3 is 26.6 Å². The summed E-state index contributed by atoms with van der Waals surface area (Å²) < 4.78 is 0. The molecule has 174 valence electrons. The summed E-state index contributed by atoms with van der Waals surface area (Å²) >= 11 is 0. The van der Waals surface area contributed by atoms with Crippen LogP contribution in [-0.2, 0) is 0 Å². The number of anilines is 5. The molecule has 0 radical (unpaired) electrons. The van der Waals surface area contributed by atoms with E-state index in [0.717, 1.165) is 28.0 Å². The molecule has 0 bridgehead atoms. The maximum absolute atomic E-state index is 12.8. The second kappa shape index (κ2) is 9.61. The molecule has 7 nitrogen and oxygen atoms in total. The van der Waals surface area contributed by atoms with E-state index in [1.165, 1.54) is 0 Å². The second-order valence-electron chi connectivity index (χ2n) is 8.39. The second-order valence-corrected chi connectivity index (χ2v) is 8.39. The number of hydrogen-bond donors (Lipinski definition) is 4. The number of carbonyl (C=O) groups excluding carboxylic acids is 1. The zero-order chi connectivity index (χ0) is 24.2. The minimum absolute atomic E-state index is 0.0820. The molecule has 1 aliphatic rings. The molecule has 5 N–H and O–H groups in total. The van der Waals surface area contributed by atoms with Gasteiger partial charge in [-0.25, -0.2) is 0 Å². The first-order chi connectivity index (χ1) is 17.0. The number of benzene rings is 3. The fourth-order valence-corrected chi connectivity index (χ4v) is 3.88. The van der Waals surface area contributed by atoms with Crippen LogP contribution in [-0.4, -0.2) is 28.9 Å². The molecule has 0 aliphatic carbocycles. The van der Waals surface area contributed by atoms with Gasteiger partial charge in [0, 0.05) is 65.0 Å². The monoisotopic (exact) mass is 462 g/mol. The summed E-state index contributed by atoms with van der Waals surface area (Å²) in [4.78, 5) is 19.2. The van der Waals surface area contributed by atoms with Crippen molar-refractivity contribution in [3.8, 4) is 0 Å². The highest BCUT2D eigenvalue weighted by Gasteiger charge is 2.10. The van der Waals surface area contributed by atoms with Crippen LogP contribution in [0.1, 0.15) is 10.4 Å². The minimum atomic E-state index is -0.167. The van der Waals surface area contributed by atoms with E-state index in [4.69, 9.17) is 5.73 Å².